The lowest BCUT2D eigenvalue weighted by Gasteiger charge is -2.14. The van der Waals surface area contributed by atoms with E-state index in [1.165, 1.54) is 5.57 Å². The van der Waals surface area contributed by atoms with Crippen molar-refractivity contribution in [3.63, 3.8) is 0 Å². The normalized spacial score (nSPS) is 14.2. The first-order chi connectivity index (χ1) is 8.84. The molecule has 0 aromatic heterocycles. The zero-order valence-electron chi connectivity index (χ0n) is 10.7. The molecule has 3 nitrogen and oxygen atoms in total. The summed E-state index contributed by atoms with van der Waals surface area (Å²) in [5.41, 5.74) is 1.33. The molecule has 1 aromatic carbocycles. The van der Waals surface area contributed by atoms with Crippen LogP contribution in [0.1, 0.15) is 6.42 Å². The molecule has 2 rings (SSSR count). The molecule has 1 aliphatic rings. The first-order valence-corrected chi connectivity index (χ1v) is 7.16. The highest BCUT2D eigenvalue weighted by Gasteiger charge is 2.06. The van der Waals surface area contributed by atoms with E-state index in [1.54, 1.807) is 11.8 Å². The predicted octanol–water partition coefficient (Wildman–Crippen LogP) is 2.24. The van der Waals surface area contributed by atoms with Crippen LogP contribution in [-0.2, 0) is 4.79 Å². The molecule has 104 valence electrons. The van der Waals surface area contributed by atoms with Gasteiger partial charge >= 0.3 is 0 Å². The zero-order valence-corrected chi connectivity index (χ0v) is 12.4. The molecular weight excluding hydrogens is 280 g/mol. The fourth-order valence-electron chi connectivity index (χ4n) is 1.76. The van der Waals surface area contributed by atoms with Gasteiger partial charge in [0.25, 0.3) is 0 Å². The van der Waals surface area contributed by atoms with Crippen molar-refractivity contribution in [2.75, 3.05) is 25.4 Å². The second-order valence-electron chi connectivity index (χ2n) is 4.19. The summed E-state index contributed by atoms with van der Waals surface area (Å²) >= 11 is 1.57. The molecule has 0 bridgehead atoms. The number of rotatable bonds is 5. The smallest absolute Gasteiger partial charge is 0.230 e. The van der Waals surface area contributed by atoms with Crippen molar-refractivity contribution in [3.05, 3.63) is 42.0 Å². The molecule has 1 amide bonds. The van der Waals surface area contributed by atoms with Crippen molar-refractivity contribution in [1.29, 1.82) is 0 Å². The van der Waals surface area contributed by atoms with Gasteiger partial charge in [-0.1, -0.05) is 29.8 Å². The molecule has 19 heavy (non-hydrogen) atoms. The summed E-state index contributed by atoms with van der Waals surface area (Å²) in [6.45, 7) is 2.63. The van der Waals surface area contributed by atoms with Crippen LogP contribution >= 0.6 is 24.2 Å². The van der Waals surface area contributed by atoms with Gasteiger partial charge in [0, 0.05) is 18.0 Å². The lowest BCUT2D eigenvalue weighted by Crippen LogP contribution is -2.30. The van der Waals surface area contributed by atoms with E-state index in [9.17, 15) is 4.79 Å². The van der Waals surface area contributed by atoms with Crippen LogP contribution in [0.25, 0.3) is 0 Å². The van der Waals surface area contributed by atoms with Crippen molar-refractivity contribution in [3.8, 4) is 0 Å². The predicted molar refractivity (Wildman–Crippen MR) is 83.0 cm³/mol. The average molecular weight is 299 g/mol. The van der Waals surface area contributed by atoms with Crippen LogP contribution in [0.3, 0.4) is 0 Å². The van der Waals surface area contributed by atoms with E-state index in [1.807, 2.05) is 30.3 Å². The third kappa shape index (κ3) is 6.14. The van der Waals surface area contributed by atoms with E-state index in [0.717, 1.165) is 24.4 Å². The molecule has 0 aliphatic carbocycles. The summed E-state index contributed by atoms with van der Waals surface area (Å²) in [5, 5.41) is 6.22. The molecular formula is C14H19ClN2OS. The highest BCUT2D eigenvalue weighted by molar-refractivity contribution is 8.00. The molecule has 0 atom stereocenters. The Hall–Kier alpha value is -0.970. The molecule has 1 aromatic rings. The lowest BCUT2D eigenvalue weighted by atomic mass is 10.1. The van der Waals surface area contributed by atoms with Crippen molar-refractivity contribution in [2.24, 2.45) is 0 Å². The number of carbonyl (C=O) groups is 1. The summed E-state index contributed by atoms with van der Waals surface area (Å²) in [6, 6.07) is 9.99. The Morgan fingerprint density at radius 2 is 2.11 bits per heavy atom. The number of hydrogen-bond donors (Lipinski definition) is 2. The quantitative estimate of drug-likeness (QED) is 0.647. The average Bonchev–Trinajstić information content (AvgIpc) is 2.45. The van der Waals surface area contributed by atoms with Crippen molar-refractivity contribution in [1.82, 2.24) is 10.6 Å². The molecule has 0 saturated carbocycles. The topological polar surface area (TPSA) is 41.1 Å². The van der Waals surface area contributed by atoms with Crippen LogP contribution in [0.15, 0.2) is 46.9 Å². The highest BCUT2D eigenvalue weighted by atomic mass is 35.5. The van der Waals surface area contributed by atoms with Crippen LogP contribution in [0.4, 0.5) is 0 Å². The third-order valence-corrected chi connectivity index (χ3v) is 3.80. The Labute approximate surface area is 124 Å². The molecule has 5 heteroatoms. The number of carbonyl (C=O) groups excluding carboxylic acids is 1. The summed E-state index contributed by atoms with van der Waals surface area (Å²) in [7, 11) is 0. The molecule has 0 fully saturated rings. The Morgan fingerprint density at radius 3 is 2.79 bits per heavy atom. The van der Waals surface area contributed by atoms with Gasteiger partial charge in [0.1, 0.15) is 0 Å². The van der Waals surface area contributed by atoms with Crippen molar-refractivity contribution >= 4 is 30.1 Å². The number of hydrogen-bond acceptors (Lipinski definition) is 3. The Balaban J connectivity index is 0.00000180. The van der Waals surface area contributed by atoms with E-state index in [-0.39, 0.29) is 18.3 Å². The number of amides is 1. The molecule has 0 saturated heterocycles. The van der Waals surface area contributed by atoms with Gasteiger partial charge in [-0.05, 0) is 25.1 Å². The van der Waals surface area contributed by atoms with Gasteiger partial charge in [-0.2, -0.15) is 0 Å². The Morgan fingerprint density at radius 1 is 1.32 bits per heavy atom. The van der Waals surface area contributed by atoms with Gasteiger partial charge in [-0.25, -0.2) is 0 Å². The second-order valence-corrected chi connectivity index (χ2v) is 5.24. The standard InChI is InChI=1S/C14H18N2OS.ClH/c17-14(11-18-13-4-2-1-3-5-13)16-10-12-6-8-15-9-7-12;/h1-6,15H,7-11H2,(H,16,17);1H. The minimum absolute atomic E-state index is 0. The first kappa shape index (κ1) is 16.1. The highest BCUT2D eigenvalue weighted by Crippen LogP contribution is 2.16. The van der Waals surface area contributed by atoms with E-state index in [4.69, 9.17) is 0 Å². The van der Waals surface area contributed by atoms with Gasteiger partial charge in [-0.15, -0.1) is 24.2 Å². The number of thioether (sulfide) groups is 1. The van der Waals surface area contributed by atoms with Gasteiger partial charge in [-0.3, -0.25) is 4.79 Å². The molecule has 0 spiro atoms. The maximum absolute atomic E-state index is 11.7. The van der Waals surface area contributed by atoms with Crippen LogP contribution in [0.5, 0.6) is 0 Å². The molecule has 1 aliphatic heterocycles. The van der Waals surface area contributed by atoms with E-state index in [0.29, 0.717) is 12.3 Å². The number of halogens is 1. The van der Waals surface area contributed by atoms with Crippen LogP contribution in [-0.4, -0.2) is 31.3 Å². The van der Waals surface area contributed by atoms with Crippen LogP contribution < -0.4 is 10.6 Å². The maximum Gasteiger partial charge on any atom is 0.230 e. The third-order valence-electron chi connectivity index (χ3n) is 2.78. The lowest BCUT2D eigenvalue weighted by molar-refractivity contribution is -0.118. The van der Waals surface area contributed by atoms with Crippen molar-refractivity contribution < 1.29 is 4.79 Å². The number of benzene rings is 1. The molecule has 0 radical (unpaired) electrons. The monoisotopic (exact) mass is 298 g/mol. The second kappa shape index (κ2) is 9.02. The van der Waals surface area contributed by atoms with Crippen molar-refractivity contribution in [2.45, 2.75) is 11.3 Å². The fraction of sp³-hybridized carbons (Fsp3) is 0.357. The minimum atomic E-state index is 0. The molecule has 2 N–H and O–H groups in total. The maximum atomic E-state index is 11.7. The van der Waals surface area contributed by atoms with Crippen LogP contribution in [0, 0.1) is 0 Å². The van der Waals surface area contributed by atoms with E-state index >= 15 is 0 Å². The summed E-state index contributed by atoms with van der Waals surface area (Å²) < 4.78 is 0. The zero-order chi connectivity index (χ0) is 12.6. The largest absolute Gasteiger partial charge is 0.352 e. The summed E-state index contributed by atoms with van der Waals surface area (Å²) in [4.78, 5) is 12.8. The van der Waals surface area contributed by atoms with Gasteiger partial charge in [0.2, 0.25) is 5.91 Å². The van der Waals surface area contributed by atoms with Crippen LogP contribution in [0.2, 0.25) is 0 Å². The first-order valence-electron chi connectivity index (χ1n) is 6.18. The Kier molecular flexibility index (Phi) is 7.63. The molecule has 1 heterocycles. The summed E-state index contributed by atoms with van der Waals surface area (Å²) in [5.74, 6) is 0.582. The van der Waals surface area contributed by atoms with Gasteiger partial charge in [0.15, 0.2) is 0 Å². The molecule has 0 unspecified atom stereocenters. The van der Waals surface area contributed by atoms with E-state index < -0.39 is 0 Å². The van der Waals surface area contributed by atoms with Gasteiger partial charge < -0.3 is 10.6 Å². The Bertz CT molecular complexity index is 423. The SMILES string of the molecule is Cl.O=C(CSc1ccccc1)NCC1=CCNCC1. The van der Waals surface area contributed by atoms with E-state index in [2.05, 4.69) is 16.7 Å². The number of nitrogens with one attached hydrogen (secondary N) is 2. The van der Waals surface area contributed by atoms with Gasteiger partial charge in [0.05, 0.1) is 5.75 Å². The minimum Gasteiger partial charge on any atom is -0.352 e. The summed E-state index contributed by atoms with van der Waals surface area (Å²) in [6.07, 6.45) is 3.19. The fourth-order valence-corrected chi connectivity index (χ4v) is 2.51.